The van der Waals surface area contributed by atoms with Crippen LogP contribution in [0, 0.1) is 6.92 Å². The second-order valence-corrected chi connectivity index (χ2v) is 5.56. The highest BCUT2D eigenvalue weighted by atomic mass is 16.1. The normalized spacial score (nSPS) is 16.2. The first-order valence-electron chi connectivity index (χ1n) is 7.24. The molecule has 21 heavy (non-hydrogen) atoms. The molecular formula is C16H20N4O. The predicted molar refractivity (Wildman–Crippen MR) is 84.7 cm³/mol. The summed E-state index contributed by atoms with van der Waals surface area (Å²) in [6.45, 7) is 5.78. The van der Waals surface area contributed by atoms with Gasteiger partial charge in [-0.05, 0) is 19.5 Å². The van der Waals surface area contributed by atoms with Crippen LogP contribution in [0.5, 0.6) is 0 Å². The van der Waals surface area contributed by atoms with Gasteiger partial charge in [0.1, 0.15) is 0 Å². The molecule has 0 spiro atoms. The number of H-pyrrole nitrogens is 1. The van der Waals surface area contributed by atoms with Crippen molar-refractivity contribution in [1.29, 1.82) is 0 Å². The number of rotatable bonds is 2. The number of hydrogen-bond acceptors (Lipinski definition) is 4. The minimum Gasteiger partial charge on any atom is -0.340 e. The Morgan fingerprint density at radius 3 is 2.57 bits per heavy atom. The van der Waals surface area contributed by atoms with E-state index in [1.807, 2.05) is 31.2 Å². The zero-order valence-electron chi connectivity index (χ0n) is 12.5. The van der Waals surface area contributed by atoms with Crippen molar-refractivity contribution in [2.45, 2.75) is 6.92 Å². The lowest BCUT2D eigenvalue weighted by Gasteiger charge is -2.32. The van der Waals surface area contributed by atoms with E-state index in [-0.39, 0.29) is 5.56 Å². The second kappa shape index (κ2) is 5.69. The van der Waals surface area contributed by atoms with Gasteiger partial charge in [-0.15, -0.1) is 0 Å². The first-order valence-corrected chi connectivity index (χ1v) is 7.24. The lowest BCUT2D eigenvalue weighted by Crippen LogP contribution is -2.45. The summed E-state index contributed by atoms with van der Waals surface area (Å²) >= 11 is 0. The maximum Gasteiger partial charge on any atom is 0.252 e. The van der Waals surface area contributed by atoms with Gasteiger partial charge in [0.15, 0.2) is 0 Å². The zero-order chi connectivity index (χ0) is 14.8. The largest absolute Gasteiger partial charge is 0.340 e. The van der Waals surface area contributed by atoms with Crippen molar-refractivity contribution in [3.05, 3.63) is 46.2 Å². The minimum absolute atomic E-state index is 0.0998. The standard InChI is InChI=1S/C16H20N4O/c1-12-5-3-4-6-13(12)14-11-15(21)18-16(17-14)20-9-7-19(2)8-10-20/h3-6,11H,7-10H2,1-2H3,(H,17,18,21). The molecule has 0 aliphatic carbocycles. The smallest absolute Gasteiger partial charge is 0.252 e. The summed E-state index contributed by atoms with van der Waals surface area (Å²) in [6.07, 6.45) is 0. The Morgan fingerprint density at radius 2 is 1.86 bits per heavy atom. The van der Waals surface area contributed by atoms with E-state index in [1.165, 1.54) is 0 Å². The number of aryl methyl sites for hydroxylation is 1. The van der Waals surface area contributed by atoms with E-state index in [4.69, 9.17) is 0 Å². The van der Waals surface area contributed by atoms with E-state index in [9.17, 15) is 4.79 Å². The van der Waals surface area contributed by atoms with Gasteiger partial charge in [0, 0.05) is 37.8 Å². The van der Waals surface area contributed by atoms with Crippen molar-refractivity contribution in [3.8, 4) is 11.3 Å². The highest BCUT2D eigenvalue weighted by molar-refractivity contribution is 5.64. The molecule has 2 aromatic rings. The quantitative estimate of drug-likeness (QED) is 0.908. The summed E-state index contributed by atoms with van der Waals surface area (Å²) in [5, 5.41) is 0. The summed E-state index contributed by atoms with van der Waals surface area (Å²) in [7, 11) is 2.11. The lowest BCUT2D eigenvalue weighted by molar-refractivity contribution is 0.311. The van der Waals surface area contributed by atoms with Gasteiger partial charge in [-0.3, -0.25) is 9.78 Å². The molecule has 0 unspecified atom stereocenters. The van der Waals surface area contributed by atoms with Crippen molar-refractivity contribution in [3.63, 3.8) is 0 Å². The molecule has 5 heteroatoms. The fourth-order valence-electron chi connectivity index (χ4n) is 2.61. The number of aromatic amines is 1. The number of anilines is 1. The Kier molecular flexibility index (Phi) is 3.75. The van der Waals surface area contributed by atoms with Gasteiger partial charge in [-0.2, -0.15) is 0 Å². The number of likely N-dealkylation sites (N-methyl/N-ethyl adjacent to an activating group) is 1. The molecule has 110 valence electrons. The molecule has 1 saturated heterocycles. The molecule has 0 radical (unpaired) electrons. The van der Waals surface area contributed by atoms with Gasteiger partial charge >= 0.3 is 0 Å². The highest BCUT2D eigenvalue weighted by Gasteiger charge is 2.17. The summed E-state index contributed by atoms with van der Waals surface area (Å²) in [5.41, 5.74) is 2.78. The predicted octanol–water partition coefficient (Wildman–Crippen LogP) is 1.50. The summed E-state index contributed by atoms with van der Waals surface area (Å²) in [5.74, 6) is 0.675. The van der Waals surface area contributed by atoms with Crippen LogP contribution in [0.3, 0.4) is 0 Å². The minimum atomic E-state index is -0.0998. The number of piperazine rings is 1. The van der Waals surface area contributed by atoms with Crippen molar-refractivity contribution < 1.29 is 0 Å². The van der Waals surface area contributed by atoms with E-state index >= 15 is 0 Å². The first-order chi connectivity index (χ1) is 10.1. The molecule has 1 aliphatic heterocycles. The molecule has 0 amide bonds. The monoisotopic (exact) mass is 284 g/mol. The van der Waals surface area contributed by atoms with Crippen LogP contribution >= 0.6 is 0 Å². The Bertz CT molecular complexity index is 687. The number of hydrogen-bond donors (Lipinski definition) is 1. The zero-order valence-corrected chi connectivity index (χ0v) is 12.5. The van der Waals surface area contributed by atoms with E-state index in [1.54, 1.807) is 6.07 Å². The Hall–Kier alpha value is -2.14. The molecule has 0 atom stereocenters. The number of aromatic nitrogens is 2. The van der Waals surface area contributed by atoms with Gasteiger partial charge in [0.2, 0.25) is 5.95 Å². The summed E-state index contributed by atoms with van der Waals surface area (Å²) < 4.78 is 0. The van der Waals surface area contributed by atoms with Crippen molar-refractivity contribution in [2.75, 3.05) is 38.1 Å². The van der Waals surface area contributed by atoms with Crippen molar-refractivity contribution in [2.24, 2.45) is 0 Å². The third-order valence-corrected chi connectivity index (χ3v) is 3.95. The van der Waals surface area contributed by atoms with Gasteiger partial charge < -0.3 is 9.80 Å². The third kappa shape index (κ3) is 2.97. The highest BCUT2D eigenvalue weighted by Crippen LogP contribution is 2.21. The lowest BCUT2D eigenvalue weighted by atomic mass is 10.1. The van der Waals surface area contributed by atoms with E-state index in [0.717, 1.165) is 43.0 Å². The molecule has 5 nitrogen and oxygen atoms in total. The number of nitrogens with zero attached hydrogens (tertiary/aromatic N) is 3. The molecular weight excluding hydrogens is 264 g/mol. The van der Waals surface area contributed by atoms with Crippen molar-refractivity contribution in [1.82, 2.24) is 14.9 Å². The SMILES string of the molecule is Cc1ccccc1-c1cc(=O)[nH]c(N2CCN(C)CC2)n1. The molecule has 2 heterocycles. The second-order valence-electron chi connectivity index (χ2n) is 5.56. The van der Waals surface area contributed by atoms with Crippen LogP contribution in [0.4, 0.5) is 5.95 Å². The van der Waals surface area contributed by atoms with E-state index in [2.05, 4.69) is 26.8 Å². The van der Waals surface area contributed by atoms with Crippen molar-refractivity contribution >= 4 is 5.95 Å². The fraction of sp³-hybridized carbons (Fsp3) is 0.375. The number of benzene rings is 1. The molecule has 0 bridgehead atoms. The van der Waals surface area contributed by atoms with Crippen LogP contribution in [-0.4, -0.2) is 48.1 Å². The average molecular weight is 284 g/mol. The molecule has 1 aromatic carbocycles. The van der Waals surface area contributed by atoms with Crippen LogP contribution in [0.15, 0.2) is 35.1 Å². The van der Waals surface area contributed by atoms with Crippen LogP contribution in [0.2, 0.25) is 0 Å². The molecule has 1 fully saturated rings. The third-order valence-electron chi connectivity index (χ3n) is 3.95. The molecule has 3 rings (SSSR count). The van der Waals surface area contributed by atoms with Crippen LogP contribution in [-0.2, 0) is 0 Å². The average Bonchev–Trinajstić information content (AvgIpc) is 2.48. The van der Waals surface area contributed by atoms with Crippen LogP contribution in [0.25, 0.3) is 11.3 Å². The van der Waals surface area contributed by atoms with Gasteiger partial charge in [-0.1, -0.05) is 24.3 Å². The van der Waals surface area contributed by atoms with E-state index in [0.29, 0.717) is 5.95 Å². The first kappa shape index (κ1) is 13.8. The summed E-state index contributed by atoms with van der Waals surface area (Å²) in [4.78, 5) is 23.9. The molecule has 1 aliphatic rings. The Labute approximate surface area is 124 Å². The summed E-state index contributed by atoms with van der Waals surface area (Å²) in [6, 6.07) is 9.58. The molecule has 1 aromatic heterocycles. The molecule has 1 N–H and O–H groups in total. The van der Waals surface area contributed by atoms with Gasteiger partial charge in [0.05, 0.1) is 5.69 Å². The van der Waals surface area contributed by atoms with Crippen LogP contribution in [0.1, 0.15) is 5.56 Å². The topological polar surface area (TPSA) is 52.2 Å². The Balaban J connectivity index is 1.97. The maximum absolute atomic E-state index is 12.0. The maximum atomic E-state index is 12.0. The van der Waals surface area contributed by atoms with Gasteiger partial charge in [0.25, 0.3) is 5.56 Å². The van der Waals surface area contributed by atoms with Gasteiger partial charge in [-0.25, -0.2) is 4.98 Å². The van der Waals surface area contributed by atoms with Crippen LogP contribution < -0.4 is 10.5 Å². The number of nitrogens with one attached hydrogen (secondary N) is 1. The van der Waals surface area contributed by atoms with E-state index < -0.39 is 0 Å². The Morgan fingerprint density at radius 1 is 1.14 bits per heavy atom. The molecule has 0 saturated carbocycles. The fourth-order valence-corrected chi connectivity index (χ4v) is 2.61.